The maximum Gasteiger partial charge on any atom is 0.275 e. The number of benzene rings is 2. The number of rotatable bonds is 3. The van der Waals surface area contributed by atoms with E-state index in [1.807, 2.05) is 0 Å². The number of aromatic hydroxyl groups is 3. The van der Waals surface area contributed by atoms with Crippen LogP contribution in [0.1, 0.15) is 15.9 Å². The van der Waals surface area contributed by atoms with Crippen LogP contribution in [-0.4, -0.2) is 27.4 Å². The Labute approximate surface area is 142 Å². The van der Waals surface area contributed by atoms with Crippen molar-refractivity contribution < 1.29 is 20.1 Å². The van der Waals surface area contributed by atoms with Crippen molar-refractivity contribution in [2.24, 2.45) is 5.10 Å². The molecule has 0 spiro atoms. The Morgan fingerprint density at radius 1 is 1.14 bits per heavy atom. The van der Waals surface area contributed by atoms with Crippen molar-refractivity contribution in [1.82, 2.24) is 5.43 Å². The minimum absolute atomic E-state index is 0.0805. The largest absolute Gasteiger partial charge is 0.507 e. The Morgan fingerprint density at radius 2 is 1.82 bits per heavy atom. The van der Waals surface area contributed by atoms with Crippen molar-refractivity contribution in [3.05, 3.63) is 50.4 Å². The van der Waals surface area contributed by atoms with Gasteiger partial charge in [-0.2, -0.15) is 5.10 Å². The summed E-state index contributed by atoms with van der Waals surface area (Å²) < 4.78 is 0.459. The van der Waals surface area contributed by atoms with Gasteiger partial charge in [-0.05, 0) is 50.1 Å². The van der Waals surface area contributed by atoms with Gasteiger partial charge in [0, 0.05) is 5.56 Å². The van der Waals surface area contributed by atoms with E-state index in [0.29, 0.717) is 4.47 Å². The van der Waals surface area contributed by atoms with Crippen molar-refractivity contribution in [3.8, 4) is 17.2 Å². The summed E-state index contributed by atoms with van der Waals surface area (Å²) in [6.45, 7) is 0. The molecule has 22 heavy (non-hydrogen) atoms. The molecule has 2 aromatic rings. The van der Waals surface area contributed by atoms with E-state index in [1.54, 1.807) is 12.1 Å². The van der Waals surface area contributed by atoms with E-state index in [0.717, 1.165) is 0 Å². The SMILES string of the molecule is O=C(NN=Cc1cc(Br)c(O)c(Br)c1O)c1ccccc1O. The lowest BCUT2D eigenvalue weighted by atomic mass is 10.2. The molecule has 114 valence electrons. The van der Waals surface area contributed by atoms with Gasteiger partial charge in [0.05, 0.1) is 16.3 Å². The van der Waals surface area contributed by atoms with Gasteiger partial charge in [-0.25, -0.2) is 5.43 Å². The molecule has 4 N–H and O–H groups in total. The van der Waals surface area contributed by atoms with Crippen LogP contribution in [0.3, 0.4) is 0 Å². The third-order valence-corrected chi connectivity index (χ3v) is 4.07. The zero-order valence-corrected chi connectivity index (χ0v) is 14.1. The lowest BCUT2D eigenvalue weighted by Gasteiger charge is -2.06. The molecule has 0 bridgehead atoms. The number of nitrogens with zero attached hydrogens (tertiary/aromatic N) is 1. The summed E-state index contributed by atoms with van der Waals surface area (Å²) >= 11 is 6.16. The van der Waals surface area contributed by atoms with Gasteiger partial charge < -0.3 is 15.3 Å². The highest BCUT2D eigenvalue weighted by Gasteiger charge is 2.13. The standard InChI is InChI=1S/C14H10Br2N2O4/c15-9-5-7(12(20)11(16)13(9)21)6-17-18-14(22)8-3-1-2-4-10(8)19/h1-6,19-21H,(H,18,22). The summed E-state index contributed by atoms with van der Waals surface area (Å²) in [5.74, 6) is -1.12. The van der Waals surface area contributed by atoms with E-state index in [1.165, 1.54) is 24.4 Å². The monoisotopic (exact) mass is 428 g/mol. The maximum absolute atomic E-state index is 11.8. The average Bonchev–Trinajstić information content (AvgIpc) is 2.50. The molecule has 0 atom stereocenters. The first-order chi connectivity index (χ1) is 10.4. The van der Waals surface area contributed by atoms with Crippen LogP contribution < -0.4 is 5.43 Å². The predicted molar refractivity (Wildman–Crippen MR) is 88.3 cm³/mol. The zero-order valence-electron chi connectivity index (χ0n) is 10.9. The molecule has 0 saturated heterocycles. The van der Waals surface area contributed by atoms with Crippen molar-refractivity contribution >= 4 is 44.0 Å². The van der Waals surface area contributed by atoms with E-state index in [4.69, 9.17) is 0 Å². The van der Waals surface area contributed by atoms with Gasteiger partial charge >= 0.3 is 0 Å². The van der Waals surface area contributed by atoms with Crippen LogP contribution in [0.4, 0.5) is 0 Å². The first kappa shape index (κ1) is 16.3. The molecule has 6 nitrogen and oxygen atoms in total. The predicted octanol–water partition coefficient (Wildman–Crippen LogP) is 3.09. The number of hydrazone groups is 1. The quantitative estimate of drug-likeness (QED) is 0.444. The highest BCUT2D eigenvalue weighted by Crippen LogP contribution is 2.40. The van der Waals surface area contributed by atoms with Crippen molar-refractivity contribution in [3.63, 3.8) is 0 Å². The topological polar surface area (TPSA) is 102 Å². The van der Waals surface area contributed by atoms with Gasteiger partial charge in [0.25, 0.3) is 5.91 Å². The molecule has 0 radical (unpaired) electrons. The molecule has 0 fully saturated rings. The average molecular weight is 430 g/mol. The highest BCUT2D eigenvalue weighted by atomic mass is 79.9. The smallest absolute Gasteiger partial charge is 0.275 e. The van der Waals surface area contributed by atoms with Gasteiger partial charge in [-0.1, -0.05) is 12.1 Å². The fourth-order valence-electron chi connectivity index (χ4n) is 1.60. The van der Waals surface area contributed by atoms with E-state index in [2.05, 4.69) is 42.4 Å². The Bertz CT molecular complexity index is 763. The molecule has 0 unspecified atom stereocenters. The van der Waals surface area contributed by atoms with Gasteiger partial charge in [0.15, 0.2) is 0 Å². The molecule has 0 aliphatic rings. The van der Waals surface area contributed by atoms with E-state index in [-0.39, 0.29) is 32.8 Å². The molecule has 2 aromatic carbocycles. The van der Waals surface area contributed by atoms with Crippen molar-refractivity contribution in [1.29, 1.82) is 0 Å². The van der Waals surface area contributed by atoms with Crippen molar-refractivity contribution in [2.75, 3.05) is 0 Å². The molecule has 0 aromatic heterocycles. The first-order valence-corrected chi connectivity index (χ1v) is 7.51. The summed E-state index contributed by atoms with van der Waals surface area (Å²) in [7, 11) is 0. The highest BCUT2D eigenvalue weighted by molar-refractivity contribution is 9.11. The molecule has 0 heterocycles. The van der Waals surface area contributed by atoms with Gasteiger partial charge in [0.1, 0.15) is 21.7 Å². The van der Waals surface area contributed by atoms with Crippen LogP contribution in [-0.2, 0) is 0 Å². The third-order valence-electron chi connectivity index (χ3n) is 2.72. The zero-order chi connectivity index (χ0) is 16.3. The fraction of sp³-hybridized carbons (Fsp3) is 0. The van der Waals surface area contributed by atoms with Crippen molar-refractivity contribution in [2.45, 2.75) is 0 Å². The van der Waals surface area contributed by atoms with E-state index < -0.39 is 5.91 Å². The number of hydrogen-bond acceptors (Lipinski definition) is 5. The molecule has 8 heteroatoms. The normalized spacial score (nSPS) is 10.8. The second kappa shape index (κ2) is 6.80. The Hall–Kier alpha value is -2.06. The minimum atomic E-state index is -0.592. The molecule has 2 rings (SSSR count). The number of carbonyl (C=O) groups is 1. The number of halogens is 2. The van der Waals surface area contributed by atoms with Crippen LogP contribution >= 0.6 is 31.9 Å². The molecular weight excluding hydrogens is 420 g/mol. The first-order valence-electron chi connectivity index (χ1n) is 5.93. The summed E-state index contributed by atoms with van der Waals surface area (Å²) in [6.07, 6.45) is 1.21. The summed E-state index contributed by atoms with van der Waals surface area (Å²) in [6, 6.07) is 7.48. The fourth-order valence-corrected chi connectivity index (χ4v) is 2.76. The molecule has 0 aliphatic heterocycles. The Kier molecular flexibility index (Phi) is 5.04. The molecule has 0 aliphatic carbocycles. The van der Waals surface area contributed by atoms with Gasteiger partial charge in [-0.15, -0.1) is 0 Å². The Morgan fingerprint density at radius 3 is 2.50 bits per heavy atom. The minimum Gasteiger partial charge on any atom is -0.507 e. The van der Waals surface area contributed by atoms with Gasteiger partial charge in [-0.3, -0.25) is 4.79 Å². The number of nitrogens with one attached hydrogen (secondary N) is 1. The molecule has 1 amide bonds. The lowest BCUT2D eigenvalue weighted by Crippen LogP contribution is -2.17. The molecule has 0 saturated carbocycles. The van der Waals surface area contributed by atoms with Crippen LogP contribution in [0.2, 0.25) is 0 Å². The second-order valence-corrected chi connectivity index (χ2v) is 5.82. The number of amides is 1. The van der Waals surface area contributed by atoms with E-state index >= 15 is 0 Å². The molecular formula is C14H10Br2N2O4. The van der Waals surface area contributed by atoms with Crippen LogP contribution in [0, 0.1) is 0 Å². The summed E-state index contributed by atoms with van der Waals surface area (Å²) in [5, 5.41) is 32.7. The van der Waals surface area contributed by atoms with Crippen LogP contribution in [0.5, 0.6) is 17.2 Å². The Balaban J connectivity index is 2.17. The number of para-hydroxylation sites is 1. The van der Waals surface area contributed by atoms with E-state index in [9.17, 15) is 20.1 Å². The number of phenols is 3. The third kappa shape index (κ3) is 3.40. The van der Waals surface area contributed by atoms with Crippen LogP contribution in [0.25, 0.3) is 0 Å². The number of phenolic OH excluding ortho intramolecular Hbond substituents is 3. The summed E-state index contributed by atoms with van der Waals surface area (Å²) in [4.78, 5) is 11.8. The van der Waals surface area contributed by atoms with Gasteiger partial charge in [0.2, 0.25) is 0 Å². The summed E-state index contributed by atoms with van der Waals surface area (Å²) in [5.41, 5.74) is 2.59. The lowest BCUT2D eigenvalue weighted by molar-refractivity contribution is 0.0952. The number of carbonyl (C=O) groups excluding carboxylic acids is 1. The second-order valence-electron chi connectivity index (χ2n) is 4.18. The number of hydrogen-bond donors (Lipinski definition) is 4. The maximum atomic E-state index is 11.8. The van der Waals surface area contributed by atoms with Crippen LogP contribution in [0.15, 0.2) is 44.4 Å².